The molecule has 2 heterocycles. The van der Waals surface area contributed by atoms with Crippen molar-refractivity contribution >= 4 is 22.8 Å². The normalized spacial score (nSPS) is 14.6. The Morgan fingerprint density at radius 3 is 1.35 bits per heavy atom. The van der Waals surface area contributed by atoms with Gasteiger partial charge in [-0.2, -0.15) is 0 Å². The Labute approximate surface area is 485 Å². The molecule has 82 heavy (non-hydrogen) atoms. The van der Waals surface area contributed by atoms with E-state index in [2.05, 4.69) is 37.0 Å². The van der Waals surface area contributed by atoms with Crippen LogP contribution in [0.25, 0.3) is 21.5 Å². The summed E-state index contributed by atoms with van der Waals surface area (Å²) in [4.78, 5) is 20.0. The van der Waals surface area contributed by atoms with Gasteiger partial charge in [-0.25, -0.2) is 4.98 Å². The van der Waals surface area contributed by atoms with E-state index in [1.54, 1.807) is 0 Å². The molecule has 0 aromatic carbocycles. The molecule has 2 aromatic heterocycles. The minimum atomic E-state index is -0.171. The van der Waals surface area contributed by atoms with Crippen LogP contribution >= 0.6 is 0 Å². The van der Waals surface area contributed by atoms with Gasteiger partial charge in [0, 0.05) is 37.0 Å². The number of ether oxygens (including phenoxy) is 17. The van der Waals surface area contributed by atoms with Gasteiger partial charge < -0.3 is 96.1 Å². The van der Waals surface area contributed by atoms with Crippen LogP contribution in [-0.4, -0.2) is 250 Å². The predicted molar refractivity (Wildman–Crippen MR) is 304 cm³/mol. The molecule has 1 amide bonds. The number of anilines is 1. The van der Waals surface area contributed by atoms with Gasteiger partial charge in [0.25, 0.3) is 5.88 Å². The number of nitrogens with one attached hydrogen (secondary N) is 1. The number of aryl methyl sites for hydroxylation is 1. The zero-order valence-electron chi connectivity index (χ0n) is 49.4. The predicted octanol–water partition coefficient (Wildman–Crippen LogP) is 4.55. The van der Waals surface area contributed by atoms with Gasteiger partial charge >= 0.3 is 0 Å². The van der Waals surface area contributed by atoms with Gasteiger partial charge in [-0.05, 0) is 63.3 Å². The number of nitrogen functional groups attached to an aromatic ring is 1. The van der Waals surface area contributed by atoms with Crippen LogP contribution in [-0.2, 0) is 93.5 Å². The molecule has 1 fully saturated rings. The smallest absolute Gasteiger partial charge is 0.260 e. The van der Waals surface area contributed by atoms with Crippen molar-refractivity contribution in [3.05, 3.63) is 28.6 Å². The van der Waals surface area contributed by atoms with Gasteiger partial charge in [0.2, 0.25) is 5.91 Å². The number of nitrogens with zero attached hydrogens (tertiary/aromatic N) is 7. The summed E-state index contributed by atoms with van der Waals surface area (Å²) in [5.74, 6) is 2.54. The number of fused-ring (bicyclic) bond motifs is 1. The molecule has 1 saturated carbocycles. The molecule has 0 saturated heterocycles. The Bertz CT molecular complexity index is 1900. The van der Waals surface area contributed by atoms with E-state index in [-0.39, 0.29) is 12.0 Å². The number of hydrogen-bond acceptors (Lipinski definition) is 23. The van der Waals surface area contributed by atoms with Crippen LogP contribution in [0.15, 0.2) is 17.5 Å². The molecular formula is C55H99N9O18. The van der Waals surface area contributed by atoms with Gasteiger partial charge in [0.05, 0.1) is 211 Å². The Morgan fingerprint density at radius 1 is 0.598 bits per heavy atom. The average Bonchev–Trinajstić information content (AvgIpc) is 4.11. The fraction of sp³-hybridized carbons (Fsp3) is 0.855. The van der Waals surface area contributed by atoms with Crippen LogP contribution in [0.1, 0.15) is 65.1 Å². The van der Waals surface area contributed by atoms with Crippen LogP contribution in [0.2, 0.25) is 0 Å². The number of rotatable bonds is 59. The van der Waals surface area contributed by atoms with Crippen molar-refractivity contribution in [1.82, 2.24) is 25.1 Å². The van der Waals surface area contributed by atoms with E-state index in [9.17, 15) is 4.79 Å². The van der Waals surface area contributed by atoms with Crippen LogP contribution in [0.5, 0.6) is 5.88 Å². The Hall–Kier alpha value is -4.13. The van der Waals surface area contributed by atoms with Gasteiger partial charge in [-0.1, -0.05) is 18.5 Å². The Balaban J connectivity index is 0.952. The van der Waals surface area contributed by atoms with Crippen LogP contribution in [0.3, 0.4) is 0 Å². The topological polar surface area (TPSA) is 304 Å². The maximum atomic E-state index is 12.5. The number of imidazole rings is 1. The molecule has 3 N–H and O–H groups in total. The highest BCUT2D eigenvalue weighted by atomic mass is 16.6. The summed E-state index contributed by atoms with van der Waals surface area (Å²) >= 11 is 0. The van der Waals surface area contributed by atoms with E-state index in [0.717, 1.165) is 62.8 Å². The van der Waals surface area contributed by atoms with Crippen LogP contribution in [0, 0.1) is 11.8 Å². The molecule has 1 aliphatic rings. The van der Waals surface area contributed by atoms with E-state index in [4.69, 9.17) is 96.8 Å². The van der Waals surface area contributed by atoms with Crippen molar-refractivity contribution in [3.63, 3.8) is 0 Å². The fourth-order valence-electron chi connectivity index (χ4n) is 7.91. The highest BCUT2D eigenvalue weighted by Crippen LogP contribution is 2.34. The quantitative estimate of drug-likeness (QED) is 0.0229. The SMILES string of the molecule is CCCCc1nc2c(N)nnc(OC(C)C)c2n1CC1CCC(CNC(=O)C=COCCOCCOCCOCCOCCOCCOCCOCCOCCOCCOCCOCCOCCOCCOCCOCCN=[N+]=[N-])CC1. The first-order valence-electron chi connectivity index (χ1n) is 29.3. The van der Waals surface area contributed by atoms with Crippen LogP contribution < -0.4 is 15.8 Å². The molecule has 1 aliphatic carbocycles. The first-order chi connectivity index (χ1) is 40.4. The maximum absolute atomic E-state index is 12.5. The van der Waals surface area contributed by atoms with E-state index in [1.165, 1.54) is 12.3 Å². The lowest BCUT2D eigenvalue weighted by atomic mass is 9.82. The standard InChI is InChI=1S/C55H99N9O18/c1-4-5-6-50-60-52-53(55(82-47(2)3)62-61-54(52)56)64(50)46-49-9-7-48(8-10-49)45-58-51(65)11-13-66-15-17-68-19-21-70-23-25-72-27-29-74-31-33-76-35-37-78-39-41-80-43-44-81-42-40-79-38-36-77-34-32-75-30-28-73-26-24-71-22-20-69-18-16-67-14-12-59-63-57/h11,13,47-49H,4-10,12,14-46H2,1-3H3,(H2,56,61)(H,58,65). The molecule has 472 valence electrons. The molecule has 27 heteroatoms. The summed E-state index contributed by atoms with van der Waals surface area (Å²) < 4.78 is 96.1. The molecule has 0 spiro atoms. The zero-order valence-corrected chi connectivity index (χ0v) is 49.4. The first-order valence-corrected chi connectivity index (χ1v) is 29.3. The van der Waals surface area contributed by atoms with Gasteiger partial charge in [0.1, 0.15) is 23.5 Å². The second-order valence-electron chi connectivity index (χ2n) is 18.9. The molecule has 3 rings (SSSR count). The summed E-state index contributed by atoms with van der Waals surface area (Å²) in [6.45, 7) is 22.2. The second kappa shape index (κ2) is 52.4. The molecule has 0 aliphatic heterocycles. The minimum absolute atomic E-state index is 0.0502. The van der Waals surface area contributed by atoms with Gasteiger partial charge in [-0.3, -0.25) is 4.79 Å². The molecule has 0 atom stereocenters. The van der Waals surface area contributed by atoms with Crippen molar-refractivity contribution in [2.75, 3.05) is 224 Å². The maximum Gasteiger partial charge on any atom is 0.260 e. The molecule has 27 nitrogen and oxygen atoms in total. The number of hydrogen-bond donors (Lipinski definition) is 2. The largest absolute Gasteiger partial charge is 0.499 e. The average molecular weight is 1170 g/mol. The summed E-state index contributed by atoms with van der Waals surface area (Å²) in [5, 5.41) is 14.8. The number of nitrogens with two attached hydrogens (primary N) is 1. The lowest BCUT2D eigenvalue weighted by Gasteiger charge is -2.29. The molecule has 0 unspecified atom stereocenters. The van der Waals surface area contributed by atoms with Crippen molar-refractivity contribution < 1.29 is 85.3 Å². The van der Waals surface area contributed by atoms with Crippen molar-refractivity contribution in [1.29, 1.82) is 0 Å². The molecule has 2 aromatic rings. The molecule has 0 radical (unpaired) electrons. The third kappa shape index (κ3) is 38.7. The number of azide groups is 1. The summed E-state index contributed by atoms with van der Waals surface area (Å²) in [5.41, 5.74) is 15.9. The highest BCUT2D eigenvalue weighted by Gasteiger charge is 2.26. The van der Waals surface area contributed by atoms with E-state index < -0.39 is 0 Å². The van der Waals surface area contributed by atoms with Gasteiger partial charge in [0.15, 0.2) is 5.82 Å². The lowest BCUT2D eigenvalue weighted by molar-refractivity contribution is -0.116. The van der Waals surface area contributed by atoms with Crippen molar-refractivity contribution in [2.45, 2.75) is 78.4 Å². The van der Waals surface area contributed by atoms with Crippen LogP contribution in [0.4, 0.5) is 5.82 Å². The zero-order chi connectivity index (χ0) is 58.4. The lowest BCUT2D eigenvalue weighted by Crippen LogP contribution is -2.31. The number of unbranched alkanes of at least 4 members (excludes halogenated alkanes) is 1. The summed E-state index contributed by atoms with van der Waals surface area (Å²) in [6.07, 6.45) is 9.93. The fourth-order valence-corrected chi connectivity index (χ4v) is 7.91. The first kappa shape index (κ1) is 72.1. The van der Waals surface area contributed by atoms with Crippen molar-refractivity contribution in [3.8, 4) is 5.88 Å². The molecular weight excluding hydrogens is 1070 g/mol. The third-order valence-electron chi connectivity index (χ3n) is 12.1. The van der Waals surface area contributed by atoms with E-state index >= 15 is 0 Å². The Morgan fingerprint density at radius 2 is 0.976 bits per heavy atom. The van der Waals surface area contributed by atoms with Crippen molar-refractivity contribution in [2.24, 2.45) is 17.0 Å². The highest BCUT2D eigenvalue weighted by molar-refractivity contribution is 5.88. The molecule has 0 bridgehead atoms. The summed E-state index contributed by atoms with van der Waals surface area (Å²) in [7, 11) is 0. The monoisotopic (exact) mass is 1170 g/mol. The van der Waals surface area contributed by atoms with E-state index in [1.807, 2.05) is 13.8 Å². The Kier molecular flexibility index (Phi) is 46.1. The third-order valence-corrected chi connectivity index (χ3v) is 12.1. The summed E-state index contributed by atoms with van der Waals surface area (Å²) in [6, 6.07) is 0. The number of aromatic nitrogens is 4. The number of amides is 1. The van der Waals surface area contributed by atoms with Gasteiger partial charge in [-0.15, -0.1) is 10.2 Å². The second-order valence-corrected chi connectivity index (χ2v) is 18.9. The van der Waals surface area contributed by atoms with E-state index in [0.29, 0.717) is 247 Å². The number of carbonyl (C=O) groups excluding carboxylic acids is 1. The number of carbonyl (C=O) groups is 1. The minimum Gasteiger partial charge on any atom is -0.499 e.